The third-order valence-corrected chi connectivity index (χ3v) is 6.17. The number of rotatable bonds is 4. The van der Waals surface area contributed by atoms with E-state index in [1.807, 2.05) is 24.4 Å². The third kappa shape index (κ3) is 2.94. The maximum Gasteiger partial charge on any atom is 0.323 e. The standard InChI is InChI=1S/C19H14N4O3S2/c1-9-20-17-15(28-9)7-14(11-4-5-27-18(11)17)26-8-16(24)21-10-2-3-12-13(6-10)23-19(25)22-12/h2-7H,8H2,1H3,(H,21,24)(H2,22,23,25). The molecule has 0 bridgehead atoms. The quantitative estimate of drug-likeness (QED) is 0.417. The van der Waals surface area contributed by atoms with E-state index in [9.17, 15) is 9.59 Å². The number of imidazole rings is 1. The predicted octanol–water partition coefficient (Wildman–Crippen LogP) is 4.01. The minimum Gasteiger partial charge on any atom is -0.483 e. The second-order valence-corrected chi connectivity index (χ2v) is 8.44. The van der Waals surface area contributed by atoms with Crippen LogP contribution in [0.2, 0.25) is 0 Å². The van der Waals surface area contributed by atoms with Crippen LogP contribution in [-0.4, -0.2) is 27.5 Å². The van der Waals surface area contributed by atoms with E-state index in [2.05, 4.69) is 20.3 Å². The van der Waals surface area contributed by atoms with Gasteiger partial charge >= 0.3 is 5.69 Å². The molecule has 0 saturated carbocycles. The molecule has 2 aromatic carbocycles. The van der Waals surface area contributed by atoms with Gasteiger partial charge in [-0.05, 0) is 36.6 Å². The largest absolute Gasteiger partial charge is 0.483 e. The van der Waals surface area contributed by atoms with Crippen molar-refractivity contribution in [1.82, 2.24) is 15.0 Å². The number of aromatic amines is 2. The summed E-state index contributed by atoms with van der Waals surface area (Å²) < 4.78 is 7.94. The molecule has 0 fully saturated rings. The van der Waals surface area contributed by atoms with Crippen molar-refractivity contribution >= 4 is 65.6 Å². The summed E-state index contributed by atoms with van der Waals surface area (Å²) in [6.45, 7) is 1.86. The number of aryl methyl sites for hydroxylation is 1. The molecule has 0 spiro atoms. The Morgan fingerprint density at radius 1 is 1.21 bits per heavy atom. The van der Waals surface area contributed by atoms with Gasteiger partial charge in [-0.25, -0.2) is 9.78 Å². The lowest BCUT2D eigenvalue weighted by Crippen LogP contribution is -2.20. The van der Waals surface area contributed by atoms with Crippen molar-refractivity contribution < 1.29 is 9.53 Å². The van der Waals surface area contributed by atoms with Gasteiger partial charge in [-0.1, -0.05) is 0 Å². The van der Waals surface area contributed by atoms with Crippen LogP contribution in [-0.2, 0) is 4.79 Å². The molecule has 3 heterocycles. The fraction of sp³-hybridized carbons (Fsp3) is 0.105. The average Bonchev–Trinajstić information content (AvgIpc) is 3.35. The second-order valence-electron chi connectivity index (χ2n) is 6.29. The van der Waals surface area contributed by atoms with Crippen LogP contribution in [0.15, 0.2) is 40.5 Å². The summed E-state index contributed by atoms with van der Waals surface area (Å²) in [5, 5.41) is 6.75. The molecule has 28 heavy (non-hydrogen) atoms. The van der Waals surface area contributed by atoms with Crippen molar-refractivity contribution in [2.75, 3.05) is 11.9 Å². The molecule has 7 nitrogen and oxygen atoms in total. The van der Waals surface area contributed by atoms with E-state index < -0.39 is 0 Å². The number of carbonyl (C=O) groups excluding carboxylic acids is 1. The lowest BCUT2D eigenvalue weighted by molar-refractivity contribution is -0.118. The van der Waals surface area contributed by atoms with E-state index in [0.29, 0.717) is 22.5 Å². The van der Waals surface area contributed by atoms with Gasteiger partial charge in [-0.15, -0.1) is 22.7 Å². The van der Waals surface area contributed by atoms with Gasteiger partial charge in [0, 0.05) is 17.1 Å². The first-order chi connectivity index (χ1) is 13.6. The molecule has 140 valence electrons. The molecule has 9 heteroatoms. The number of thiazole rings is 1. The van der Waals surface area contributed by atoms with Crippen molar-refractivity contribution in [3.63, 3.8) is 0 Å². The molecule has 0 unspecified atom stereocenters. The van der Waals surface area contributed by atoms with Gasteiger partial charge in [0.1, 0.15) is 5.75 Å². The number of hydrogen-bond donors (Lipinski definition) is 3. The summed E-state index contributed by atoms with van der Waals surface area (Å²) in [6, 6.07) is 9.09. The Labute approximate surface area is 166 Å². The van der Waals surface area contributed by atoms with Crippen LogP contribution in [0.25, 0.3) is 31.3 Å². The number of thiophene rings is 1. The monoisotopic (exact) mass is 410 g/mol. The molecule has 1 amide bonds. The zero-order valence-corrected chi connectivity index (χ0v) is 16.3. The smallest absolute Gasteiger partial charge is 0.323 e. The summed E-state index contributed by atoms with van der Waals surface area (Å²) in [5.74, 6) is 0.397. The number of aromatic nitrogens is 3. The number of hydrogen-bond acceptors (Lipinski definition) is 6. The van der Waals surface area contributed by atoms with E-state index in [1.165, 1.54) is 0 Å². The SMILES string of the molecule is Cc1nc2c(cc(OCC(=O)Nc3ccc4[nH]c(=O)[nH]c4c3)c3ccsc32)s1. The van der Waals surface area contributed by atoms with Crippen molar-refractivity contribution in [2.24, 2.45) is 0 Å². The van der Waals surface area contributed by atoms with Gasteiger partial charge in [-0.3, -0.25) is 4.79 Å². The van der Waals surface area contributed by atoms with Crippen molar-refractivity contribution in [2.45, 2.75) is 6.92 Å². The van der Waals surface area contributed by atoms with Crippen LogP contribution in [0.3, 0.4) is 0 Å². The lowest BCUT2D eigenvalue weighted by atomic mass is 10.2. The maximum absolute atomic E-state index is 12.3. The average molecular weight is 410 g/mol. The molecule has 0 saturated heterocycles. The Morgan fingerprint density at radius 2 is 2.07 bits per heavy atom. The summed E-state index contributed by atoms with van der Waals surface area (Å²) in [6.07, 6.45) is 0. The van der Waals surface area contributed by atoms with Gasteiger partial charge in [0.2, 0.25) is 0 Å². The first kappa shape index (κ1) is 17.0. The van der Waals surface area contributed by atoms with Gasteiger partial charge in [0.05, 0.1) is 31.0 Å². The van der Waals surface area contributed by atoms with Gasteiger partial charge in [0.15, 0.2) is 6.61 Å². The Morgan fingerprint density at radius 3 is 2.96 bits per heavy atom. The zero-order chi connectivity index (χ0) is 19.3. The third-order valence-electron chi connectivity index (χ3n) is 4.33. The highest BCUT2D eigenvalue weighted by Crippen LogP contribution is 2.38. The fourth-order valence-corrected chi connectivity index (χ4v) is 4.99. The second kappa shape index (κ2) is 6.47. The van der Waals surface area contributed by atoms with Crippen molar-refractivity contribution in [3.05, 3.63) is 51.2 Å². The topological polar surface area (TPSA) is 99.9 Å². The van der Waals surface area contributed by atoms with E-state index >= 15 is 0 Å². The Bertz CT molecular complexity index is 1410. The van der Waals surface area contributed by atoms with E-state index in [1.54, 1.807) is 40.9 Å². The molecule has 3 aromatic heterocycles. The van der Waals surface area contributed by atoms with Crippen LogP contribution in [0.4, 0.5) is 5.69 Å². The highest BCUT2D eigenvalue weighted by Gasteiger charge is 2.14. The van der Waals surface area contributed by atoms with Crippen LogP contribution >= 0.6 is 22.7 Å². The predicted molar refractivity (Wildman–Crippen MR) is 113 cm³/mol. The molecule has 3 N–H and O–H groups in total. The maximum atomic E-state index is 12.3. The molecule has 0 radical (unpaired) electrons. The Balaban J connectivity index is 1.36. The molecular weight excluding hydrogens is 396 g/mol. The van der Waals surface area contributed by atoms with Crippen molar-refractivity contribution in [3.8, 4) is 5.75 Å². The van der Waals surface area contributed by atoms with Crippen LogP contribution in [0, 0.1) is 6.92 Å². The molecule has 0 aliphatic heterocycles. The van der Waals surface area contributed by atoms with E-state index in [4.69, 9.17) is 4.74 Å². The number of fused-ring (bicyclic) bond motifs is 4. The number of benzene rings is 2. The van der Waals surface area contributed by atoms with Crippen LogP contribution < -0.4 is 15.7 Å². The highest BCUT2D eigenvalue weighted by molar-refractivity contribution is 7.21. The van der Waals surface area contributed by atoms with Crippen LogP contribution in [0.5, 0.6) is 5.75 Å². The minimum absolute atomic E-state index is 0.115. The molecule has 5 rings (SSSR count). The van der Waals surface area contributed by atoms with Crippen molar-refractivity contribution in [1.29, 1.82) is 0 Å². The highest BCUT2D eigenvalue weighted by atomic mass is 32.1. The van der Waals surface area contributed by atoms with Gasteiger partial charge < -0.3 is 20.0 Å². The summed E-state index contributed by atoms with van der Waals surface area (Å²) in [7, 11) is 0. The fourth-order valence-electron chi connectivity index (χ4n) is 3.16. The summed E-state index contributed by atoms with van der Waals surface area (Å²) in [4.78, 5) is 33.6. The van der Waals surface area contributed by atoms with Gasteiger partial charge in [0.25, 0.3) is 5.91 Å². The first-order valence-electron chi connectivity index (χ1n) is 8.49. The molecule has 0 atom stereocenters. The number of nitrogens with one attached hydrogen (secondary N) is 3. The molecule has 0 aliphatic rings. The zero-order valence-electron chi connectivity index (χ0n) is 14.7. The molecular formula is C19H14N4O3S2. The van der Waals surface area contributed by atoms with E-state index in [0.717, 1.165) is 25.3 Å². The molecule has 0 aliphatic carbocycles. The van der Waals surface area contributed by atoms with Crippen LogP contribution in [0.1, 0.15) is 5.01 Å². The number of H-pyrrole nitrogens is 2. The Kier molecular flexibility index (Phi) is 3.92. The number of nitrogens with zero attached hydrogens (tertiary/aromatic N) is 1. The first-order valence-corrected chi connectivity index (χ1v) is 10.2. The number of carbonyl (C=O) groups is 1. The summed E-state index contributed by atoms with van der Waals surface area (Å²) in [5.41, 5.74) is 2.61. The lowest BCUT2D eigenvalue weighted by Gasteiger charge is -2.09. The summed E-state index contributed by atoms with van der Waals surface area (Å²) >= 11 is 3.22. The number of amides is 1. The minimum atomic E-state index is -0.282. The molecule has 5 aromatic rings. The number of ether oxygens (including phenoxy) is 1. The van der Waals surface area contributed by atoms with E-state index in [-0.39, 0.29) is 18.2 Å². The normalized spacial score (nSPS) is 11.5. The number of anilines is 1. The van der Waals surface area contributed by atoms with Gasteiger partial charge in [-0.2, -0.15) is 0 Å². The Hall–Kier alpha value is -3.17.